The monoisotopic (exact) mass is 365 g/mol. The number of pyridine rings is 2. The Morgan fingerprint density at radius 2 is 1.85 bits per heavy atom. The molecule has 2 amide bonds. The maximum atomic E-state index is 12.6. The Hall–Kier alpha value is -3.22. The van der Waals surface area contributed by atoms with Gasteiger partial charge in [0.1, 0.15) is 0 Å². The summed E-state index contributed by atoms with van der Waals surface area (Å²) in [5.74, 6) is -0.378. The van der Waals surface area contributed by atoms with Gasteiger partial charge in [0, 0.05) is 31.7 Å². The molecule has 0 bridgehead atoms. The number of carbonyl (C=O) groups is 2. The van der Waals surface area contributed by atoms with Crippen molar-refractivity contribution in [2.75, 3.05) is 6.54 Å². The molecule has 3 rings (SSSR count). The molecular formula is C20H23N5O2. The van der Waals surface area contributed by atoms with Gasteiger partial charge in [0.25, 0.3) is 11.8 Å². The Morgan fingerprint density at radius 1 is 1.04 bits per heavy atom. The van der Waals surface area contributed by atoms with E-state index in [2.05, 4.69) is 27.5 Å². The third-order valence-electron chi connectivity index (χ3n) is 4.23. The molecule has 0 saturated heterocycles. The standard InChI is InChI=1S/C20H23N5O2/c1-2-3-5-10-22-20(27)18-24-17(16-7-4-6-13-25(16)18)19(26)23-14-15-8-11-21-12-9-15/h4,6-9,11-13H,2-3,5,10,14H2,1H3,(H,22,27)(H,23,26). The van der Waals surface area contributed by atoms with Crippen LogP contribution in [0, 0.1) is 0 Å². The van der Waals surface area contributed by atoms with Gasteiger partial charge < -0.3 is 10.6 Å². The van der Waals surface area contributed by atoms with E-state index in [1.165, 1.54) is 0 Å². The minimum Gasteiger partial charge on any atom is -0.349 e. The van der Waals surface area contributed by atoms with E-state index < -0.39 is 0 Å². The van der Waals surface area contributed by atoms with E-state index in [1.807, 2.05) is 18.2 Å². The number of nitrogens with zero attached hydrogens (tertiary/aromatic N) is 3. The topological polar surface area (TPSA) is 88.4 Å². The van der Waals surface area contributed by atoms with E-state index in [1.54, 1.807) is 35.1 Å². The van der Waals surface area contributed by atoms with Crippen LogP contribution in [0.25, 0.3) is 5.52 Å². The quantitative estimate of drug-likeness (QED) is 0.601. The molecular weight excluding hydrogens is 342 g/mol. The minimum atomic E-state index is -0.319. The summed E-state index contributed by atoms with van der Waals surface area (Å²) in [6, 6.07) is 9.07. The molecule has 140 valence electrons. The van der Waals surface area contributed by atoms with Crippen LogP contribution in [0.2, 0.25) is 0 Å². The van der Waals surface area contributed by atoms with Gasteiger partial charge >= 0.3 is 0 Å². The second kappa shape index (κ2) is 8.93. The molecule has 0 fully saturated rings. The van der Waals surface area contributed by atoms with Crippen LogP contribution in [-0.2, 0) is 6.54 Å². The number of fused-ring (bicyclic) bond motifs is 1. The third-order valence-corrected chi connectivity index (χ3v) is 4.23. The lowest BCUT2D eigenvalue weighted by Crippen LogP contribution is -2.27. The maximum Gasteiger partial charge on any atom is 0.287 e. The predicted molar refractivity (Wildman–Crippen MR) is 102 cm³/mol. The average molecular weight is 365 g/mol. The number of aromatic nitrogens is 3. The van der Waals surface area contributed by atoms with Crippen molar-refractivity contribution in [3.05, 3.63) is 66.0 Å². The number of nitrogens with one attached hydrogen (secondary N) is 2. The minimum absolute atomic E-state index is 0.219. The molecule has 0 aliphatic carbocycles. The Bertz CT molecular complexity index is 921. The third kappa shape index (κ3) is 4.49. The zero-order valence-electron chi connectivity index (χ0n) is 15.3. The molecule has 0 aromatic carbocycles. The summed E-state index contributed by atoms with van der Waals surface area (Å²) >= 11 is 0. The van der Waals surface area contributed by atoms with Crippen LogP contribution in [-0.4, -0.2) is 32.7 Å². The number of amides is 2. The van der Waals surface area contributed by atoms with Crippen LogP contribution in [0.4, 0.5) is 0 Å². The Balaban J connectivity index is 1.77. The van der Waals surface area contributed by atoms with Crippen LogP contribution in [0.15, 0.2) is 48.9 Å². The van der Waals surface area contributed by atoms with E-state index in [0.717, 1.165) is 24.8 Å². The first-order valence-electron chi connectivity index (χ1n) is 9.13. The summed E-state index contributed by atoms with van der Waals surface area (Å²) < 4.78 is 1.65. The zero-order chi connectivity index (χ0) is 19.1. The summed E-state index contributed by atoms with van der Waals surface area (Å²) in [5, 5.41) is 5.72. The summed E-state index contributed by atoms with van der Waals surface area (Å²) in [6.45, 7) is 3.07. The smallest absolute Gasteiger partial charge is 0.287 e. The number of imidazole rings is 1. The SMILES string of the molecule is CCCCCNC(=O)c1nc(C(=O)NCc2ccncc2)c2ccccn12. The predicted octanol–water partition coefficient (Wildman–Crippen LogP) is 2.58. The Morgan fingerprint density at radius 3 is 2.63 bits per heavy atom. The van der Waals surface area contributed by atoms with Gasteiger partial charge in [-0.3, -0.25) is 19.0 Å². The summed E-state index contributed by atoms with van der Waals surface area (Å²) in [6.07, 6.45) is 8.16. The molecule has 0 saturated carbocycles. The number of carbonyl (C=O) groups excluding carboxylic acids is 2. The van der Waals surface area contributed by atoms with E-state index in [-0.39, 0.29) is 23.3 Å². The molecule has 0 spiro atoms. The van der Waals surface area contributed by atoms with Gasteiger partial charge in [0.05, 0.1) is 5.52 Å². The molecule has 0 radical (unpaired) electrons. The van der Waals surface area contributed by atoms with Crippen molar-refractivity contribution in [3.8, 4) is 0 Å². The van der Waals surface area contributed by atoms with Crippen LogP contribution < -0.4 is 10.6 Å². The van der Waals surface area contributed by atoms with Crippen LogP contribution in [0.5, 0.6) is 0 Å². The van der Waals surface area contributed by atoms with Gasteiger partial charge in [0.2, 0.25) is 5.82 Å². The molecule has 3 aromatic heterocycles. The molecule has 0 aliphatic heterocycles. The fourth-order valence-electron chi connectivity index (χ4n) is 2.79. The highest BCUT2D eigenvalue weighted by Gasteiger charge is 2.21. The van der Waals surface area contributed by atoms with Gasteiger partial charge in [-0.05, 0) is 36.2 Å². The lowest BCUT2D eigenvalue weighted by molar-refractivity contribution is 0.0941. The number of rotatable bonds is 8. The molecule has 0 atom stereocenters. The first kappa shape index (κ1) is 18.6. The van der Waals surface area contributed by atoms with Gasteiger partial charge in [-0.25, -0.2) is 4.98 Å². The van der Waals surface area contributed by atoms with E-state index >= 15 is 0 Å². The lowest BCUT2D eigenvalue weighted by atomic mass is 10.2. The van der Waals surface area contributed by atoms with Crippen molar-refractivity contribution in [3.63, 3.8) is 0 Å². The number of hydrogen-bond acceptors (Lipinski definition) is 4. The van der Waals surface area contributed by atoms with E-state index in [0.29, 0.717) is 18.6 Å². The largest absolute Gasteiger partial charge is 0.349 e. The molecule has 3 aromatic rings. The zero-order valence-corrected chi connectivity index (χ0v) is 15.3. The number of unbranched alkanes of at least 4 members (excludes halogenated alkanes) is 2. The Kier molecular flexibility index (Phi) is 6.14. The van der Waals surface area contributed by atoms with Gasteiger partial charge in [-0.1, -0.05) is 25.8 Å². The van der Waals surface area contributed by atoms with Crippen LogP contribution >= 0.6 is 0 Å². The fourth-order valence-corrected chi connectivity index (χ4v) is 2.79. The molecule has 7 heteroatoms. The highest BCUT2D eigenvalue weighted by Crippen LogP contribution is 2.13. The highest BCUT2D eigenvalue weighted by atomic mass is 16.2. The first-order chi connectivity index (χ1) is 13.2. The van der Waals surface area contributed by atoms with Crippen molar-refractivity contribution in [2.24, 2.45) is 0 Å². The average Bonchev–Trinajstić information content (AvgIpc) is 3.10. The number of hydrogen-bond donors (Lipinski definition) is 2. The second-order valence-electron chi connectivity index (χ2n) is 6.24. The maximum absolute atomic E-state index is 12.6. The van der Waals surface area contributed by atoms with Crippen LogP contribution in [0.1, 0.15) is 52.9 Å². The normalized spacial score (nSPS) is 10.7. The highest BCUT2D eigenvalue weighted by molar-refractivity contribution is 6.02. The van der Waals surface area contributed by atoms with Crippen molar-refractivity contribution >= 4 is 17.3 Å². The van der Waals surface area contributed by atoms with Crippen molar-refractivity contribution in [2.45, 2.75) is 32.7 Å². The Labute approximate surface area is 157 Å². The molecule has 27 heavy (non-hydrogen) atoms. The fraction of sp³-hybridized carbons (Fsp3) is 0.300. The van der Waals surface area contributed by atoms with Crippen molar-refractivity contribution < 1.29 is 9.59 Å². The van der Waals surface area contributed by atoms with Gasteiger partial charge in [0.15, 0.2) is 5.69 Å². The van der Waals surface area contributed by atoms with E-state index in [4.69, 9.17) is 0 Å². The van der Waals surface area contributed by atoms with Crippen molar-refractivity contribution in [1.82, 2.24) is 25.0 Å². The molecule has 3 heterocycles. The molecule has 0 aliphatic rings. The van der Waals surface area contributed by atoms with E-state index in [9.17, 15) is 9.59 Å². The molecule has 0 unspecified atom stereocenters. The summed E-state index contributed by atoms with van der Waals surface area (Å²) in [5.41, 5.74) is 1.78. The van der Waals surface area contributed by atoms with Crippen LogP contribution in [0.3, 0.4) is 0 Å². The summed E-state index contributed by atoms with van der Waals surface area (Å²) in [7, 11) is 0. The molecule has 7 nitrogen and oxygen atoms in total. The summed E-state index contributed by atoms with van der Waals surface area (Å²) in [4.78, 5) is 33.4. The lowest BCUT2D eigenvalue weighted by Gasteiger charge is -2.03. The van der Waals surface area contributed by atoms with Gasteiger partial charge in [-0.2, -0.15) is 0 Å². The first-order valence-corrected chi connectivity index (χ1v) is 9.13. The second-order valence-corrected chi connectivity index (χ2v) is 6.24. The molecule has 2 N–H and O–H groups in total. The van der Waals surface area contributed by atoms with Gasteiger partial charge in [-0.15, -0.1) is 0 Å². The van der Waals surface area contributed by atoms with Crippen molar-refractivity contribution in [1.29, 1.82) is 0 Å².